The van der Waals surface area contributed by atoms with Crippen molar-refractivity contribution in [1.29, 1.82) is 0 Å². The third-order valence-corrected chi connectivity index (χ3v) is 3.32. The number of rotatable bonds is 5. The SMILES string of the molecule is Cc1ccccc1C[C@H](NC(=O)c1ccccc1)C(=O)O. The number of carboxylic acid groups (broad SMARTS) is 1. The number of carbonyl (C=O) groups excluding carboxylic acids is 1. The summed E-state index contributed by atoms with van der Waals surface area (Å²) in [7, 11) is 0. The van der Waals surface area contributed by atoms with Crippen LogP contribution in [0.1, 0.15) is 21.5 Å². The first-order valence-electron chi connectivity index (χ1n) is 6.71. The Morgan fingerprint density at radius 2 is 1.67 bits per heavy atom. The minimum absolute atomic E-state index is 0.264. The Balaban J connectivity index is 2.12. The van der Waals surface area contributed by atoms with E-state index in [2.05, 4.69) is 5.32 Å². The quantitative estimate of drug-likeness (QED) is 0.885. The maximum Gasteiger partial charge on any atom is 0.326 e. The van der Waals surface area contributed by atoms with Gasteiger partial charge in [0.2, 0.25) is 0 Å². The van der Waals surface area contributed by atoms with Crippen molar-refractivity contribution in [3.63, 3.8) is 0 Å². The largest absolute Gasteiger partial charge is 0.480 e. The molecule has 4 heteroatoms. The summed E-state index contributed by atoms with van der Waals surface area (Å²) >= 11 is 0. The van der Waals surface area contributed by atoms with Crippen LogP contribution in [0.15, 0.2) is 54.6 Å². The predicted octanol–water partition coefficient (Wildman–Crippen LogP) is 2.42. The smallest absolute Gasteiger partial charge is 0.326 e. The summed E-state index contributed by atoms with van der Waals surface area (Å²) in [4.78, 5) is 23.4. The van der Waals surface area contributed by atoms with Crippen LogP contribution in [0.2, 0.25) is 0 Å². The van der Waals surface area contributed by atoms with Gasteiger partial charge in [0.05, 0.1) is 0 Å². The minimum Gasteiger partial charge on any atom is -0.480 e. The van der Waals surface area contributed by atoms with Crippen molar-refractivity contribution < 1.29 is 14.7 Å². The van der Waals surface area contributed by atoms with Crippen LogP contribution in [0.5, 0.6) is 0 Å². The third kappa shape index (κ3) is 3.92. The average Bonchev–Trinajstić information content (AvgIpc) is 2.49. The summed E-state index contributed by atoms with van der Waals surface area (Å²) in [5.41, 5.74) is 2.38. The highest BCUT2D eigenvalue weighted by molar-refractivity contribution is 5.96. The molecule has 2 aromatic carbocycles. The number of aliphatic carboxylic acids is 1. The van der Waals surface area contributed by atoms with Gasteiger partial charge in [-0.1, -0.05) is 42.5 Å². The summed E-state index contributed by atoms with van der Waals surface area (Å²) in [5.74, 6) is -1.42. The number of benzene rings is 2. The maximum absolute atomic E-state index is 12.1. The molecule has 21 heavy (non-hydrogen) atoms. The van der Waals surface area contributed by atoms with E-state index in [1.807, 2.05) is 31.2 Å². The van der Waals surface area contributed by atoms with Gasteiger partial charge < -0.3 is 10.4 Å². The molecule has 0 aliphatic heterocycles. The first-order valence-corrected chi connectivity index (χ1v) is 6.71. The summed E-state index contributed by atoms with van der Waals surface area (Å²) in [5, 5.41) is 11.9. The van der Waals surface area contributed by atoms with Crippen molar-refractivity contribution in [3.05, 3.63) is 71.3 Å². The lowest BCUT2D eigenvalue weighted by Crippen LogP contribution is -2.42. The lowest BCUT2D eigenvalue weighted by atomic mass is 10.0. The van der Waals surface area contributed by atoms with Crippen molar-refractivity contribution in [2.24, 2.45) is 0 Å². The van der Waals surface area contributed by atoms with E-state index in [-0.39, 0.29) is 12.3 Å². The van der Waals surface area contributed by atoms with E-state index in [4.69, 9.17) is 0 Å². The molecule has 1 atom stereocenters. The monoisotopic (exact) mass is 283 g/mol. The zero-order valence-electron chi connectivity index (χ0n) is 11.7. The molecule has 108 valence electrons. The van der Waals surface area contributed by atoms with E-state index >= 15 is 0 Å². The predicted molar refractivity (Wildman–Crippen MR) is 80.2 cm³/mol. The Labute approximate surface area is 123 Å². The molecule has 2 N–H and O–H groups in total. The van der Waals surface area contributed by atoms with E-state index in [1.54, 1.807) is 30.3 Å². The Bertz CT molecular complexity index is 637. The third-order valence-electron chi connectivity index (χ3n) is 3.32. The number of nitrogens with one attached hydrogen (secondary N) is 1. The van der Waals surface area contributed by atoms with Crippen molar-refractivity contribution in [2.75, 3.05) is 0 Å². The second-order valence-electron chi connectivity index (χ2n) is 4.86. The summed E-state index contributed by atoms with van der Waals surface area (Å²) in [6.07, 6.45) is 0.264. The molecular formula is C17H17NO3. The normalized spacial score (nSPS) is 11.7. The number of amides is 1. The van der Waals surface area contributed by atoms with Gasteiger partial charge in [-0.2, -0.15) is 0 Å². The standard InChI is InChI=1S/C17H17NO3/c1-12-7-5-6-10-14(12)11-15(17(20)21)18-16(19)13-8-3-2-4-9-13/h2-10,15H,11H2,1H3,(H,18,19)(H,20,21)/t15-/m0/s1. The number of hydrogen-bond donors (Lipinski definition) is 2. The van der Waals surface area contributed by atoms with E-state index in [9.17, 15) is 14.7 Å². The van der Waals surface area contributed by atoms with Crippen LogP contribution >= 0.6 is 0 Å². The molecule has 0 spiro atoms. The molecule has 4 nitrogen and oxygen atoms in total. The summed E-state index contributed by atoms with van der Waals surface area (Å²) in [6, 6.07) is 15.2. The molecule has 0 saturated carbocycles. The molecule has 0 bridgehead atoms. The van der Waals surface area contributed by atoms with Gasteiger partial charge in [0, 0.05) is 12.0 Å². The fourth-order valence-corrected chi connectivity index (χ4v) is 2.09. The number of aryl methyl sites for hydroxylation is 1. The van der Waals surface area contributed by atoms with Crippen molar-refractivity contribution in [1.82, 2.24) is 5.32 Å². The van der Waals surface area contributed by atoms with Gasteiger partial charge >= 0.3 is 5.97 Å². The zero-order valence-corrected chi connectivity index (χ0v) is 11.7. The molecule has 0 aromatic heterocycles. The van der Waals surface area contributed by atoms with Gasteiger partial charge in [-0.15, -0.1) is 0 Å². The van der Waals surface area contributed by atoms with Crippen LogP contribution in [0.25, 0.3) is 0 Å². The van der Waals surface area contributed by atoms with Crippen molar-refractivity contribution >= 4 is 11.9 Å². The molecule has 0 saturated heterocycles. The summed E-state index contributed by atoms with van der Waals surface area (Å²) in [6.45, 7) is 1.92. The molecule has 1 amide bonds. The molecule has 0 heterocycles. The molecule has 0 fully saturated rings. The first-order chi connectivity index (χ1) is 10.1. The molecule has 0 aliphatic rings. The summed E-state index contributed by atoms with van der Waals surface area (Å²) < 4.78 is 0. The van der Waals surface area contributed by atoms with Crippen LogP contribution in [0.3, 0.4) is 0 Å². The van der Waals surface area contributed by atoms with Gasteiger partial charge in [0.1, 0.15) is 6.04 Å². The highest BCUT2D eigenvalue weighted by atomic mass is 16.4. The molecule has 0 radical (unpaired) electrons. The highest BCUT2D eigenvalue weighted by Crippen LogP contribution is 2.10. The minimum atomic E-state index is -1.04. The van der Waals surface area contributed by atoms with Gasteiger partial charge in [0.15, 0.2) is 0 Å². The molecular weight excluding hydrogens is 266 g/mol. The number of hydrogen-bond acceptors (Lipinski definition) is 2. The lowest BCUT2D eigenvalue weighted by Gasteiger charge is -2.16. The van der Waals surface area contributed by atoms with Gasteiger partial charge in [-0.3, -0.25) is 4.79 Å². The van der Waals surface area contributed by atoms with Crippen LogP contribution in [-0.2, 0) is 11.2 Å². The van der Waals surface area contributed by atoms with Crippen molar-refractivity contribution in [2.45, 2.75) is 19.4 Å². The second kappa shape index (κ2) is 6.70. The van der Waals surface area contributed by atoms with E-state index in [1.165, 1.54) is 0 Å². The number of carbonyl (C=O) groups is 2. The van der Waals surface area contributed by atoms with Gasteiger partial charge in [-0.25, -0.2) is 4.79 Å². The maximum atomic E-state index is 12.1. The topological polar surface area (TPSA) is 66.4 Å². The molecule has 2 aromatic rings. The highest BCUT2D eigenvalue weighted by Gasteiger charge is 2.21. The molecule has 0 unspecified atom stereocenters. The van der Waals surface area contributed by atoms with E-state index in [0.29, 0.717) is 5.56 Å². The van der Waals surface area contributed by atoms with Crippen molar-refractivity contribution in [3.8, 4) is 0 Å². The van der Waals surface area contributed by atoms with Gasteiger partial charge in [-0.05, 0) is 30.2 Å². The van der Waals surface area contributed by atoms with Crippen LogP contribution in [-0.4, -0.2) is 23.0 Å². The molecule has 2 rings (SSSR count). The van der Waals surface area contributed by atoms with E-state index < -0.39 is 12.0 Å². The van der Waals surface area contributed by atoms with Crippen LogP contribution in [0.4, 0.5) is 0 Å². The second-order valence-corrected chi connectivity index (χ2v) is 4.86. The molecule has 0 aliphatic carbocycles. The van der Waals surface area contributed by atoms with Crippen LogP contribution in [0, 0.1) is 6.92 Å². The lowest BCUT2D eigenvalue weighted by molar-refractivity contribution is -0.139. The first kappa shape index (κ1) is 14.8. The Morgan fingerprint density at radius 3 is 2.29 bits per heavy atom. The van der Waals surface area contributed by atoms with E-state index in [0.717, 1.165) is 11.1 Å². The fraction of sp³-hybridized carbons (Fsp3) is 0.176. The Hall–Kier alpha value is -2.62. The number of carboxylic acids is 1. The van der Waals surface area contributed by atoms with Gasteiger partial charge in [0.25, 0.3) is 5.91 Å². The fourth-order valence-electron chi connectivity index (χ4n) is 2.09. The zero-order chi connectivity index (χ0) is 15.2. The Morgan fingerprint density at radius 1 is 1.05 bits per heavy atom. The van der Waals surface area contributed by atoms with Crippen LogP contribution < -0.4 is 5.32 Å². The average molecular weight is 283 g/mol. The Kier molecular flexibility index (Phi) is 4.72.